The van der Waals surface area contributed by atoms with Crippen LogP contribution in [-0.2, 0) is 16.7 Å². The summed E-state index contributed by atoms with van der Waals surface area (Å²) in [5.74, 6) is 0. The molecule has 0 atom stereocenters. The van der Waals surface area contributed by atoms with Crippen molar-refractivity contribution in [2.45, 2.75) is 13.3 Å². The van der Waals surface area contributed by atoms with Crippen LogP contribution in [-0.4, -0.2) is 30.4 Å². The number of rotatable bonds is 5. The van der Waals surface area contributed by atoms with E-state index in [0.717, 1.165) is 9.87 Å². The van der Waals surface area contributed by atoms with Gasteiger partial charge in [-0.3, -0.25) is 4.55 Å². The van der Waals surface area contributed by atoms with Gasteiger partial charge >= 0.3 is 10.3 Å². The summed E-state index contributed by atoms with van der Waals surface area (Å²) < 4.78 is 31.8. The average Bonchev–Trinajstić information content (AvgIpc) is 2.22. The van der Waals surface area contributed by atoms with Gasteiger partial charge < -0.3 is 11.5 Å². The third kappa shape index (κ3) is 3.88. The second kappa shape index (κ2) is 5.35. The third-order valence-electron chi connectivity index (χ3n) is 2.48. The molecule has 0 amide bonds. The van der Waals surface area contributed by atoms with E-state index >= 15 is 0 Å². The molecule has 0 saturated heterocycles. The lowest BCUT2D eigenvalue weighted by atomic mass is 10.1. The zero-order valence-corrected chi connectivity index (χ0v) is 10.4. The van der Waals surface area contributed by atoms with Gasteiger partial charge in [-0.2, -0.15) is 12.7 Å². The van der Waals surface area contributed by atoms with Crippen molar-refractivity contribution in [1.82, 2.24) is 4.31 Å². The van der Waals surface area contributed by atoms with Crippen molar-refractivity contribution in [3.8, 4) is 0 Å². The summed E-state index contributed by atoms with van der Waals surface area (Å²) in [5.41, 5.74) is 13.3. The molecule has 6 nitrogen and oxygen atoms in total. The third-order valence-corrected chi connectivity index (χ3v) is 3.57. The van der Waals surface area contributed by atoms with E-state index in [4.69, 9.17) is 16.0 Å². The van der Waals surface area contributed by atoms with Gasteiger partial charge in [-0.1, -0.05) is 6.92 Å². The molecule has 0 unspecified atom stereocenters. The van der Waals surface area contributed by atoms with Gasteiger partial charge in [0.15, 0.2) is 0 Å². The van der Waals surface area contributed by atoms with Gasteiger partial charge in [0.05, 0.1) is 0 Å². The molecule has 0 spiro atoms. The highest BCUT2D eigenvalue weighted by molar-refractivity contribution is 7.83. The lowest BCUT2D eigenvalue weighted by molar-refractivity contribution is 0.363. The second-order valence-electron chi connectivity index (χ2n) is 3.68. The average molecular weight is 259 g/mol. The van der Waals surface area contributed by atoms with Crippen LogP contribution < -0.4 is 11.5 Å². The van der Waals surface area contributed by atoms with E-state index in [1.54, 1.807) is 25.1 Å². The quantitative estimate of drug-likeness (QED) is 0.527. The fourth-order valence-corrected chi connectivity index (χ4v) is 2.17. The van der Waals surface area contributed by atoms with Crippen LogP contribution in [0.4, 0.5) is 11.4 Å². The van der Waals surface area contributed by atoms with E-state index in [2.05, 4.69) is 0 Å². The Bertz CT molecular complexity index is 488. The van der Waals surface area contributed by atoms with Gasteiger partial charge in [0, 0.05) is 24.5 Å². The van der Waals surface area contributed by atoms with E-state index in [9.17, 15) is 8.42 Å². The zero-order chi connectivity index (χ0) is 13.1. The molecule has 1 aromatic rings. The molecule has 7 heteroatoms. The molecule has 96 valence electrons. The van der Waals surface area contributed by atoms with E-state index < -0.39 is 10.3 Å². The number of benzene rings is 1. The summed E-state index contributed by atoms with van der Waals surface area (Å²) in [6.07, 6.45) is 0.407. The minimum Gasteiger partial charge on any atom is -0.399 e. The molecule has 0 fully saturated rings. The van der Waals surface area contributed by atoms with Gasteiger partial charge in [-0.25, -0.2) is 0 Å². The predicted octanol–water partition coefficient (Wildman–Crippen LogP) is 0.518. The molecular formula is C10H17N3O3S. The van der Waals surface area contributed by atoms with Crippen molar-refractivity contribution >= 4 is 21.7 Å². The van der Waals surface area contributed by atoms with Crippen LogP contribution in [0.2, 0.25) is 0 Å². The maximum Gasteiger partial charge on any atom is 0.335 e. The number of nitrogen functional groups attached to an aromatic ring is 2. The molecule has 0 aliphatic carbocycles. The number of anilines is 2. The van der Waals surface area contributed by atoms with Crippen LogP contribution in [0.1, 0.15) is 12.5 Å². The van der Waals surface area contributed by atoms with E-state index in [0.29, 0.717) is 17.8 Å². The van der Waals surface area contributed by atoms with E-state index in [1.807, 2.05) is 0 Å². The SMILES string of the molecule is CCN(CCc1cc(N)ccc1N)S(=O)(=O)O. The fraction of sp³-hybridized carbons (Fsp3) is 0.400. The van der Waals surface area contributed by atoms with Crippen molar-refractivity contribution in [2.24, 2.45) is 0 Å². The molecule has 0 saturated carbocycles. The molecule has 0 aliphatic rings. The first-order chi connectivity index (χ1) is 7.84. The molecular weight excluding hydrogens is 242 g/mol. The van der Waals surface area contributed by atoms with Gasteiger partial charge in [0.1, 0.15) is 0 Å². The Labute approximate surface area is 101 Å². The Kier molecular flexibility index (Phi) is 4.33. The molecule has 0 aromatic heterocycles. The Morgan fingerprint density at radius 2 is 2.00 bits per heavy atom. The van der Waals surface area contributed by atoms with Gasteiger partial charge in [0.25, 0.3) is 0 Å². The fourth-order valence-electron chi connectivity index (χ4n) is 1.52. The minimum absolute atomic E-state index is 0.170. The second-order valence-corrected chi connectivity index (χ2v) is 5.09. The first-order valence-electron chi connectivity index (χ1n) is 5.21. The number of hydrogen-bond acceptors (Lipinski definition) is 4. The lowest BCUT2D eigenvalue weighted by Crippen LogP contribution is -2.32. The summed E-state index contributed by atoms with van der Waals surface area (Å²) >= 11 is 0. The molecule has 1 aromatic carbocycles. The number of likely N-dealkylation sites (N-methyl/N-ethyl adjacent to an activating group) is 1. The molecule has 0 heterocycles. The Hall–Kier alpha value is -1.31. The normalized spacial score (nSPS) is 11.9. The zero-order valence-electron chi connectivity index (χ0n) is 9.63. The molecule has 17 heavy (non-hydrogen) atoms. The van der Waals surface area contributed by atoms with E-state index in [-0.39, 0.29) is 13.1 Å². The highest BCUT2D eigenvalue weighted by Crippen LogP contribution is 2.16. The first-order valence-corrected chi connectivity index (χ1v) is 6.60. The van der Waals surface area contributed by atoms with Crippen LogP contribution in [0.15, 0.2) is 18.2 Å². The Balaban J connectivity index is 2.76. The smallest absolute Gasteiger partial charge is 0.335 e. The van der Waals surface area contributed by atoms with Crippen LogP contribution in [0.3, 0.4) is 0 Å². The van der Waals surface area contributed by atoms with Crippen molar-refractivity contribution in [2.75, 3.05) is 24.6 Å². The topological polar surface area (TPSA) is 110 Å². The van der Waals surface area contributed by atoms with Crippen LogP contribution in [0, 0.1) is 0 Å². The summed E-state index contributed by atoms with van der Waals surface area (Å²) in [5, 5.41) is 0. The largest absolute Gasteiger partial charge is 0.399 e. The predicted molar refractivity (Wildman–Crippen MR) is 67.8 cm³/mol. The molecule has 1 rings (SSSR count). The molecule has 5 N–H and O–H groups in total. The first kappa shape index (κ1) is 13.8. The van der Waals surface area contributed by atoms with Gasteiger partial charge in [-0.15, -0.1) is 0 Å². The van der Waals surface area contributed by atoms with Crippen molar-refractivity contribution in [1.29, 1.82) is 0 Å². The van der Waals surface area contributed by atoms with Crippen LogP contribution in [0.5, 0.6) is 0 Å². The summed E-state index contributed by atoms with van der Waals surface area (Å²) in [7, 11) is -4.15. The van der Waals surface area contributed by atoms with Crippen LogP contribution >= 0.6 is 0 Å². The molecule has 0 radical (unpaired) electrons. The standard InChI is InChI=1S/C10H17N3O3S/c1-2-13(17(14,15)16)6-5-8-7-9(11)3-4-10(8)12/h3-4,7H,2,5-6,11-12H2,1H3,(H,14,15,16). The number of hydrogen-bond donors (Lipinski definition) is 3. The van der Waals surface area contributed by atoms with Gasteiger partial charge in [-0.05, 0) is 30.2 Å². The maximum absolute atomic E-state index is 11.0. The minimum atomic E-state index is -4.15. The summed E-state index contributed by atoms with van der Waals surface area (Å²) in [6, 6.07) is 5.06. The van der Waals surface area contributed by atoms with Crippen molar-refractivity contribution in [3.63, 3.8) is 0 Å². The van der Waals surface area contributed by atoms with Crippen molar-refractivity contribution < 1.29 is 13.0 Å². The monoisotopic (exact) mass is 259 g/mol. The highest BCUT2D eigenvalue weighted by Gasteiger charge is 2.16. The number of nitrogens with two attached hydrogens (primary N) is 2. The lowest BCUT2D eigenvalue weighted by Gasteiger charge is -2.16. The Morgan fingerprint density at radius 3 is 2.53 bits per heavy atom. The highest BCUT2D eigenvalue weighted by atomic mass is 32.2. The summed E-state index contributed by atoms with van der Waals surface area (Å²) in [4.78, 5) is 0. The van der Waals surface area contributed by atoms with Crippen LogP contribution in [0.25, 0.3) is 0 Å². The van der Waals surface area contributed by atoms with Crippen molar-refractivity contribution in [3.05, 3.63) is 23.8 Å². The molecule has 0 aliphatic heterocycles. The summed E-state index contributed by atoms with van der Waals surface area (Å²) in [6.45, 7) is 2.03. The molecule has 0 bridgehead atoms. The van der Waals surface area contributed by atoms with Gasteiger partial charge in [0.2, 0.25) is 0 Å². The number of nitrogens with zero attached hydrogens (tertiary/aromatic N) is 1. The maximum atomic E-state index is 11.0. The van der Waals surface area contributed by atoms with E-state index in [1.165, 1.54) is 0 Å². The Morgan fingerprint density at radius 1 is 1.35 bits per heavy atom.